The molecule has 1 rings (SSSR count). The van der Waals surface area contributed by atoms with Gasteiger partial charge in [0.2, 0.25) is 0 Å². The minimum absolute atomic E-state index is 0.120. The van der Waals surface area contributed by atoms with Crippen LogP contribution in [0.2, 0.25) is 0 Å². The Labute approximate surface area is 71.2 Å². The van der Waals surface area contributed by atoms with Crippen molar-refractivity contribution in [3.8, 4) is 12.3 Å². The summed E-state index contributed by atoms with van der Waals surface area (Å²) < 4.78 is 0. The number of thiophene rings is 1. The summed E-state index contributed by atoms with van der Waals surface area (Å²) in [4.78, 5) is 0. The molecule has 1 nitrogen and oxygen atoms in total. The lowest BCUT2D eigenvalue weighted by Crippen LogP contribution is -2.21. The summed E-state index contributed by atoms with van der Waals surface area (Å²) in [5.41, 5.74) is 7.03. The van der Waals surface area contributed by atoms with Gasteiger partial charge in [-0.1, -0.05) is 0 Å². The third kappa shape index (κ3) is 2.75. The summed E-state index contributed by atoms with van der Waals surface area (Å²) in [6.07, 6.45) is 6.69. The number of hydrogen-bond acceptors (Lipinski definition) is 2. The van der Waals surface area contributed by atoms with Crippen LogP contribution < -0.4 is 5.73 Å². The maximum atomic E-state index is 5.74. The lowest BCUT2D eigenvalue weighted by atomic mass is 10.1. The second kappa shape index (κ2) is 4.17. The van der Waals surface area contributed by atoms with Crippen molar-refractivity contribution in [1.82, 2.24) is 0 Å². The summed E-state index contributed by atoms with van der Waals surface area (Å²) in [7, 11) is 0. The van der Waals surface area contributed by atoms with Crippen LogP contribution >= 0.6 is 11.3 Å². The van der Waals surface area contributed by atoms with Gasteiger partial charge in [-0.25, -0.2) is 0 Å². The van der Waals surface area contributed by atoms with Crippen LogP contribution in [0, 0.1) is 12.3 Å². The molecule has 0 bridgehead atoms. The molecule has 1 unspecified atom stereocenters. The third-order valence-corrected chi connectivity index (χ3v) is 2.19. The van der Waals surface area contributed by atoms with Gasteiger partial charge in [0.25, 0.3) is 0 Å². The lowest BCUT2D eigenvalue weighted by molar-refractivity contribution is 0.691. The molecule has 0 aliphatic rings. The lowest BCUT2D eigenvalue weighted by Gasteiger charge is -2.04. The first-order valence-corrected chi connectivity index (χ1v) is 4.47. The zero-order chi connectivity index (χ0) is 8.10. The molecule has 0 saturated carbocycles. The Kier molecular flexibility index (Phi) is 3.15. The van der Waals surface area contributed by atoms with Crippen LogP contribution in [0.15, 0.2) is 16.8 Å². The van der Waals surface area contributed by atoms with Gasteiger partial charge < -0.3 is 5.73 Å². The molecule has 58 valence electrons. The van der Waals surface area contributed by atoms with E-state index in [0.717, 1.165) is 6.42 Å². The minimum atomic E-state index is 0.120. The summed E-state index contributed by atoms with van der Waals surface area (Å²) in [6.45, 7) is 0. The molecular weight excluding hydrogens is 154 g/mol. The van der Waals surface area contributed by atoms with Crippen LogP contribution in [0.1, 0.15) is 12.0 Å². The second-order valence-electron chi connectivity index (χ2n) is 2.50. The molecule has 2 N–H and O–H groups in total. The number of nitrogens with two attached hydrogens (primary N) is 1. The molecule has 2 heteroatoms. The molecule has 0 saturated heterocycles. The van der Waals surface area contributed by atoms with E-state index in [4.69, 9.17) is 12.2 Å². The van der Waals surface area contributed by atoms with Gasteiger partial charge in [0.15, 0.2) is 0 Å². The quantitative estimate of drug-likeness (QED) is 0.677. The standard InChI is InChI=1S/C9H11NS/c1-2-3-9(10)6-8-4-5-11-7-8/h1,4-5,7,9H,3,6,10H2. The molecule has 1 aromatic heterocycles. The first-order chi connectivity index (χ1) is 5.33. The average Bonchev–Trinajstić information content (AvgIpc) is 2.40. The number of terminal acetylenes is 1. The summed E-state index contributed by atoms with van der Waals surface area (Å²) in [5.74, 6) is 2.56. The number of hydrogen-bond donors (Lipinski definition) is 1. The molecule has 1 heterocycles. The van der Waals surface area contributed by atoms with E-state index in [-0.39, 0.29) is 6.04 Å². The Morgan fingerprint density at radius 3 is 3.09 bits per heavy atom. The predicted octanol–water partition coefficient (Wildman–Crippen LogP) is 1.64. The van der Waals surface area contributed by atoms with Crippen molar-refractivity contribution < 1.29 is 0 Å². The maximum Gasteiger partial charge on any atom is 0.0241 e. The Hall–Kier alpha value is -0.780. The molecule has 0 aliphatic heterocycles. The zero-order valence-electron chi connectivity index (χ0n) is 6.29. The summed E-state index contributed by atoms with van der Waals surface area (Å²) >= 11 is 1.69. The molecule has 0 aliphatic carbocycles. The topological polar surface area (TPSA) is 26.0 Å². The Balaban J connectivity index is 2.38. The molecule has 0 spiro atoms. The van der Waals surface area contributed by atoms with Gasteiger partial charge in [-0.3, -0.25) is 0 Å². The van der Waals surface area contributed by atoms with E-state index in [1.165, 1.54) is 5.56 Å². The molecule has 0 aromatic carbocycles. The van der Waals surface area contributed by atoms with Crippen LogP contribution in [0.3, 0.4) is 0 Å². The molecule has 11 heavy (non-hydrogen) atoms. The average molecular weight is 165 g/mol. The van der Waals surface area contributed by atoms with Crippen LogP contribution in [-0.2, 0) is 6.42 Å². The molecule has 0 amide bonds. The Morgan fingerprint density at radius 2 is 2.55 bits per heavy atom. The molecular formula is C9H11NS. The minimum Gasteiger partial charge on any atom is -0.327 e. The highest BCUT2D eigenvalue weighted by Crippen LogP contribution is 2.08. The second-order valence-corrected chi connectivity index (χ2v) is 3.28. The van der Waals surface area contributed by atoms with E-state index in [9.17, 15) is 0 Å². The van der Waals surface area contributed by atoms with Crippen molar-refractivity contribution in [1.29, 1.82) is 0 Å². The fourth-order valence-electron chi connectivity index (χ4n) is 0.935. The van der Waals surface area contributed by atoms with E-state index < -0.39 is 0 Å². The Bertz CT molecular complexity index is 233. The van der Waals surface area contributed by atoms with E-state index in [1.807, 2.05) is 0 Å². The van der Waals surface area contributed by atoms with Crippen LogP contribution in [0.25, 0.3) is 0 Å². The van der Waals surface area contributed by atoms with E-state index in [2.05, 4.69) is 22.7 Å². The summed E-state index contributed by atoms with van der Waals surface area (Å²) in [5, 5.41) is 4.16. The van der Waals surface area contributed by atoms with Gasteiger partial charge in [-0.2, -0.15) is 11.3 Å². The van der Waals surface area contributed by atoms with E-state index >= 15 is 0 Å². The van der Waals surface area contributed by atoms with Crippen molar-refractivity contribution in [2.75, 3.05) is 0 Å². The van der Waals surface area contributed by atoms with E-state index in [1.54, 1.807) is 11.3 Å². The smallest absolute Gasteiger partial charge is 0.0241 e. The maximum absolute atomic E-state index is 5.74. The van der Waals surface area contributed by atoms with Crippen molar-refractivity contribution >= 4 is 11.3 Å². The van der Waals surface area contributed by atoms with Gasteiger partial charge in [0, 0.05) is 12.5 Å². The normalized spacial score (nSPS) is 12.4. The van der Waals surface area contributed by atoms with Crippen LogP contribution in [0.4, 0.5) is 0 Å². The predicted molar refractivity (Wildman–Crippen MR) is 49.4 cm³/mol. The fraction of sp³-hybridized carbons (Fsp3) is 0.333. The largest absolute Gasteiger partial charge is 0.327 e. The van der Waals surface area contributed by atoms with Gasteiger partial charge in [0.05, 0.1) is 0 Å². The van der Waals surface area contributed by atoms with Crippen molar-refractivity contribution in [2.45, 2.75) is 18.9 Å². The first kappa shape index (κ1) is 8.32. The Morgan fingerprint density at radius 1 is 1.73 bits per heavy atom. The van der Waals surface area contributed by atoms with Crippen molar-refractivity contribution in [3.63, 3.8) is 0 Å². The third-order valence-electron chi connectivity index (χ3n) is 1.46. The fourth-order valence-corrected chi connectivity index (χ4v) is 1.62. The SMILES string of the molecule is C#CCC(N)Cc1ccsc1. The van der Waals surface area contributed by atoms with Crippen molar-refractivity contribution in [3.05, 3.63) is 22.4 Å². The van der Waals surface area contributed by atoms with Gasteiger partial charge in [-0.15, -0.1) is 12.3 Å². The zero-order valence-corrected chi connectivity index (χ0v) is 7.10. The van der Waals surface area contributed by atoms with Crippen molar-refractivity contribution in [2.24, 2.45) is 5.73 Å². The summed E-state index contributed by atoms with van der Waals surface area (Å²) in [6, 6.07) is 2.20. The van der Waals surface area contributed by atoms with Gasteiger partial charge in [0.1, 0.15) is 0 Å². The van der Waals surface area contributed by atoms with Gasteiger partial charge >= 0.3 is 0 Å². The van der Waals surface area contributed by atoms with Crippen LogP contribution in [0.5, 0.6) is 0 Å². The van der Waals surface area contributed by atoms with E-state index in [0.29, 0.717) is 6.42 Å². The number of rotatable bonds is 3. The van der Waals surface area contributed by atoms with Gasteiger partial charge in [-0.05, 0) is 28.8 Å². The molecule has 0 radical (unpaired) electrons. The molecule has 1 atom stereocenters. The monoisotopic (exact) mass is 165 g/mol. The first-order valence-electron chi connectivity index (χ1n) is 3.53. The van der Waals surface area contributed by atoms with Crippen LogP contribution in [-0.4, -0.2) is 6.04 Å². The highest BCUT2D eigenvalue weighted by molar-refractivity contribution is 7.07. The molecule has 1 aromatic rings. The molecule has 0 fully saturated rings. The highest BCUT2D eigenvalue weighted by Gasteiger charge is 2.01. The highest BCUT2D eigenvalue weighted by atomic mass is 32.1.